The molecule has 0 saturated carbocycles. The molecule has 0 aliphatic carbocycles. The van der Waals surface area contributed by atoms with Crippen molar-refractivity contribution in [2.45, 2.75) is 52.2 Å². The first kappa shape index (κ1) is 16.9. The SMILES string of the molecule is C=CCC(C)C#Cc1ccc(B2OC(C)(C)C(C)(C)O2)cc1. The molecule has 0 N–H and O–H groups in total. The molecule has 1 fully saturated rings. The van der Waals surface area contributed by atoms with E-state index in [2.05, 4.69) is 53.0 Å². The first-order valence-corrected chi connectivity index (χ1v) is 7.83. The maximum atomic E-state index is 6.05. The largest absolute Gasteiger partial charge is 0.494 e. The zero-order valence-electron chi connectivity index (χ0n) is 14.3. The maximum Gasteiger partial charge on any atom is 0.494 e. The zero-order valence-corrected chi connectivity index (χ0v) is 14.3. The van der Waals surface area contributed by atoms with Crippen LogP contribution in [0.15, 0.2) is 36.9 Å². The monoisotopic (exact) mass is 296 g/mol. The van der Waals surface area contributed by atoms with Crippen molar-refractivity contribution in [3.8, 4) is 11.8 Å². The highest BCUT2D eigenvalue weighted by Crippen LogP contribution is 2.36. The van der Waals surface area contributed by atoms with Crippen LogP contribution in [0.25, 0.3) is 0 Å². The summed E-state index contributed by atoms with van der Waals surface area (Å²) >= 11 is 0. The molecule has 1 saturated heterocycles. The molecule has 2 rings (SSSR count). The van der Waals surface area contributed by atoms with Gasteiger partial charge in [-0.2, -0.15) is 0 Å². The lowest BCUT2D eigenvalue weighted by Gasteiger charge is -2.32. The van der Waals surface area contributed by atoms with E-state index >= 15 is 0 Å². The third-order valence-corrected chi connectivity index (χ3v) is 4.42. The van der Waals surface area contributed by atoms with Crippen LogP contribution < -0.4 is 5.46 Å². The van der Waals surface area contributed by atoms with Crippen molar-refractivity contribution in [3.63, 3.8) is 0 Å². The van der Waals surface area contributed by atoms with Crippen molar-refractivity contribution in [1.82, 2.24) is 0 Å². The molecule has 1 unspecified atom stereocenters. The third kappa shape index (κ3) is 3.63. The van der Waals surface area contributed by atoms with Gasteiger partial charge in [0.25, 0.3) is 0 Å². The molecule has 0 radical (unpaired) electrons. The summed E-state index contributed by atoms with van der Waals surface area (Å²) in [5.41, 5.74) is 1.42. The number of benzene rings is 1. The zero-order chi connectivity index (χ0) is 16.4. The molecule has 0 amide bonds. The maximum absolute atomic E-state index is 6.05. The Labute approximate surface area is 135 Å². The molecule has 1 heterocycles. The summed E-state index contributed by atoms with van der Waals surface area (Å²) in [5, 5.41) is 0. The van der Waals surface area contributed by atoms with Crippen molar-refractivity contribution in [1.29, 1.82) is 0 Å². The minimum atomic E-state index is -0.313. The van der Waals surface area contributed by atoms with E-state index in [1.54, 1.807) is 0 Å². The molecule has 1 aliphatic heterocycles. The summed E-state index contributed by atoms with van der Waals surface area (Å²) in [5.74, 6) is 6.76. The van der Waals surface area contributed by atoms with E-state index in [-0.39, 0.29) is 18.3 Å². The van der Waals surface area contributed by atoms with Crippen LogP contribution in [0, 0.1) is 17.8 Å². The molecule has 22 heavy (non-hydrogen) atoms. The Morgan fingerprint density at radius 3 is 2.18 bits per heavy atom. The van der Waals surface area contributed by atoms with Crippen LogP contribution in [-0.2, 0) is 9.31 Å². The van der Waals surface area contributed by atoms with E-state index < -0.39 is 0 Å². The van der Waals surface area contributed by atoms with Crippen molar-refractivity contribution in [2.75, 3.05) is 0 Å². The van der Waals surface area contributed by atoms with Gasteiger partial charge in [0.05, 0.1) is 11.2 Å². The summed E-state index contributed by atoms with van der Waals surface area (Å²) in [4.78, 5) is 0. The fourth-order valence-electron chi connectivity index (χ4n) is 2.22. The lowest BCUT2D eigenvalue weighted by molar-refractivity contribution is 0.00578. The molecule has 2 nitrogen and oxygen atoms in total. The Hall–Kier alpha value is -1.50. The standard InChI is InChI=1S/C19H25BO2/c1-7-8-15(2)9-10-16-11-13-17(14-12-16)20-21-18(3,4)19(5,6)22-20/h7,11-15H,1,8H2,2-6H3. The highest BCUT2D eigenvalue weighted by molar-refractivity contribution is 6.62. The summed E-state index contributed by atoms with van der Waals surface area (Å²) in [6, 6.07) is 8.11. The Kier molecular flexibility index (Phi) is 4.85. The summed E-state index contributed by atoms with van der Waals surface area (Å²) in [6.45, 7) is 14.1. The molecule has 0 bridgehead atoms. The molecular weight excluding hydrogens is 271 g/mol. The van der Waals surface area contributed by atoms with Gasteiger partial charge in [-0.3, -0.25) is 0 Å². The molecule has 116 valence electrons. The Morgan fingerprint density at radius 1 is 1.14 bits per heavy atom. The van der Waals surface area contributed by atoms with E-state index in [0.717, 1.165) is 17.4 Å². The van der Waals surface area contributed by atoms with Gasteiger partial charge >= 0.3 is 7.12 Å². The second-order valence-electron chi connectivity index (χ2n) is 6.91. The Morgan fingerprint density at radius 2 is 1.68 bits per heavy atom. The fraction of sp³-hybridized carbons (Fsp3) is 0.474. The van der Waals surface area contributed by atoms with E-state index in [0.29, 0.717) is 5.92 Å². The second kappa shape index (κ2) is 6.32. The highest BCUT2D eigenvalue weighted by atomic mass is 16.7. The van der Waals surface area contributed by atoms with Crippen LogP contribution in [0.1, 0.15) is 46.6 Å². The second-order valence-corrected chi connectivity index (χ2v) is 6.91. The number of allylic oxidation sites excluding steroid dienone is 1. The van der Waals surface area contributed by atoms with Crippen molar-refractivity contribution in [2.24, 2.45) is 5.92 Å². The minimum absolute atomic E-state index is 0.309. The molecule has 1 aromatic carbocycles. The van der Waals surface area contributed by atoms with Crippen LogP contribution in [0.2, 0.25) is 0 Å². The summed E-state index contributed by atoms with van der Waals surface area (Å²) in [6.07, 6.45) is 2.82. The van der Waals surface area contributed by atoms with Gasteiger partial charge in [-0.05, 0) is 51.7 Å². The average Bonchev–Trinajstić information content (AvgIpc) is 2.66. The van der Waals surface area contributed by atoms with Gasteiger partial charge in [0, 0.05) is 11.5 Å². The number of hydrogen-bond acceptors (Lipinski definition) is 2. The molecule has 1 atom stereocenters. The topological polar surface area (TPSA) is 18.5 Å². The lowest BCUT2D eigenvalue weighted by atomic mass is 9.79. The van der Waals surface area contributed by atoms with Crippen LogP contribution in [0.3, 0.4) is 0 Å². The normalized spacial score (nSPS) is 20.1. The Balaban J connectivity index is 2.09. The quantitative estimate of drug-likeness (QED) is 0.482. The van der Waals surface area contributed by atoms with Crippen molar-refractivity contribution >= 4 is 12.6 Å². The van der Waals surface area contributed by atoms with E-state index in [1.165, 1.54) is 0 Å². The third-order valence-electron chi connectivity index (χ3n) is 4.42. The first-order valence-electron chi connectivity index (χ1n) is 7.83. The van der Waals surface area contributed by atoms with Gasteiger partial charge < -0.3 is 9.31 Å². The van der Waals surface area contributed by atoms with Crippen LogP contribution >= 0.6 is 0 Å². The Bertz CT molecular complexity index is 574. The van der Waals surface area contributed by atoms with Gasteiger partial charge in [-0.25, -0.2) is 0 Å². The molecule has 0 aromatic heterocycles. The van der Waals surface area contributed by atoms with Crippen LogP contribution in [-0.4, -0.2) is 18.3 Å². The number of hydrogen-bond donors (Lipinski definition) is 0. The lowest BCUT2D eigenvalue weighted by Crippen LogP contribution is -2.41. The van der Waals surface area contributed by atoms with Gasteiger partial charge in [0.15, 0.2) is 0 Å². The summed E-state index contributed by atoms with van der Waals surface area (Å²) in [7, 11) is -0.313. The minimum Gasteiger partial charge on any atom is -0.399 e. The van der Waals surface area contributed by atoms with Crippen LogP contribution in [0.5, 0.6) is 0 Å². The van der Waals surface area contributed by atoms with E-state index in [4.69, 9.17) is 9.31 Å². The average molecular weight is 296 g/mol. The smallest absolute Gasteiger partial charge is 0.399 e. The van der Waals surface area contributed by atoms with Gasteiger partial charge in [0.1, 0.15) is 0 Å². The predicted octanol–water partition coefficient (Wildman–Crippen LogP) is 3.55. The molecule has 0 spiro atoms. The summed E-state index contributed by atoms with van der Waals surface area (Å²) < 4.78 is 12.1. The van der Waals surface area contributed by atoms with Crippen molar-refractivity contribution < 1.29 is 9.31 Å². The predicted molar refractivity (Wildman–Crippen MR) is 93.0 cm³/mol. The highest BCUT2D eigenvalue weighted by Gasteiger charge is 2.51. The molecule has 1 aromatic rings. The molecule has 3 heteroatoms. The molecular formula is C19H25BO2. The first-order chi connectivity index (χ1) is 10.2. The molecule has 1 aliphatic rings. The van der Waals surface area contributed by atoms with Gasteiger partial charge in [-0.1, -0.05) is 37.0 Å². The number of rotatable bonds is 3. The van der Waals surface area contributed by atoms with Gasteiger partial charge in [-0.15, -0.1) is 6.58 Å². The van der Waals surface area contributed by atoms with E-state index in [1.807, 2.05) is 30.3 Å². The fourth-order valence-corrected chi connectivity index (χ4v) is 2.22. The van der Waals surface area contributed by atoms with Crippen molar-refractivity contribution in [3.05, 3.63) is 42.5 Å². The van der Waals surface area contributed by atoms with E-state index in [9.17, 15) is 0 Å². The van der Waals surface area contributed by atoms with Gasteiger partial charge in [0.2, 0.25) is 0 Å². The van der Waals surface area contributed by atoms with Crippen LogP contribution in [0.4, 0.5) is 0 Å².